The molecule has 0 spiro atoms. The minimum Gasteiger partial charge on any atom is -0.310 e. The minimum absolute atomic E-state index is 0.662. The highest BCUT2D eigenvalue weighted by Gasteiger charge is 2.24. The van der Waals surface area contributed by atoms with E-state index in [2.05, 4.69) is 216 Å². The Kier molecular flexibility index (Phi) is 13.8. The number of hydrogen-bond donors (Lipinski definition) is 0. The van der Waals surface area contributed by atoms with Crippen LogP contribution in [-0.2, 0) is 0 Å². The first-order chi connectivity index (χ1) is 35.7. The number of nitrogens with zero attached hydrogens (tertiary/aromatic N) is 2. The Labute approximate surface area is 430 Å². The average Bonchev–Trinajstić information content (AvgIpc) is 4.32. The van der Waals surface area contributed by atoms with E-state index in [4.69, 9.17) is 0 Å². The fraction of sp³-hybridized carbons (Fsp3) is 0.286. The molecule has 0 bridgehead atoms. The summed E-state index contributed by atoms with van der Waals surface area (Å²) in [6, 6.07) is 76.3. The lowest BCUT2D eigenvalue weighted by Gasteiger charge is -2.27. The van der Waals surface area contributed by atoms with Crippen LogP contribution in [0.2, 0.25) is 0 Å². The second kappa shape index (κ2) is 21.4. The molecule has 2 nitrogen and oxygen atoms in total. The van der Waals surface area contributed by atoms with E-state index in [1.165, 1.54) is 193 Å². The third kappa shape index (κ3) is 10.1. The molecule has 4 fully saturated rings. The zero-order valence-electron chi connectivity index (χ0n) is 42.1. The van der Waals surface area contributed by atoms with Crippen LogP contribution in [0.15, 0.2) is 200 Å². The van der Waals surface area contributed by atoms with Gasteiger partial charge in [-0.1, -0.05) is 179 Å². The molecule has 0 aliphatic heterocycles. The smallest absolute Gasteiger partial charge is 0.0464 e. The van der Waals surface area contributed by atoms with E-state index in [0.29, 0.717) is 23.7 Å². The molecule has 0 N–H and O–H groups in total. The lowest BCUT2D eigenvalue weighted by Crippen LogP contribution is -2.11. The molecule has 4 saturated carbocycles. The van der Waals surface area contributed by atoms with E-state index in [0.717, 1.165) is 0 Å². The molecule has 0 amide bonds. The predicted octanol–water partition coefficient (Wildman–Crippen LogP) is 20.5. The number of hydrogen-bond acceptors (Lipinski definition) is 2. The summed E-state index contributed by atoms with van der Waals surface area (Å²) in [5.41, 5.74) is 20.6. The molecule has 4 aliphatic carbocycles. The maximum atomic E-state index is 2.49. The molecule has 0 atom stereocenters. The Hall–Kier alpha value is -6.90. The maximum absolute atomic E-state index is 2.49. The molecule has 4 aliphatic rings. The predicted molar refractivity (Wildman–Crippen MR) is 306 cm³/mol. The van der Waals surface area contributed by atoms with Crippen molar-refractivity contribution in [2.24, 2.45) is 0 Å². The van der Waals surface area contributed by atoms with Crippen LogP contribution >= 0.6 is 0 Å². The van der Waals surface area contributed by atoms with Crippen LogP contribution in [0, 0.1) is 0 Å². The van der Waals surface area contributed by atoms with E-state index in [9.17, 15) is 0 Å². The van der Waals surface area contributed by atoms with Gasteiger partial charge < -0.3 is 9.80 Å². The number of benzene rings is 8. The van der Waals surface area contributed by atoms with Gasteiger partial charge in [-0.15, -0.1) is 0 Å². The Balaban J connectivity index is 0.841. The zero-order valence-corrected chi connectivity index (χ0v) is 42.1. The lowest BCUT2D eigenvalue weighted by molar-refractivity contribution is 0.722. The molecular weight excluding hydrogens is 869 g/mol. The van der Waals surface area contributed by atoms with Crippen molar-refractivity contribution in [3.8, 4) is 11.1 Å². The van der Waals surface area contributed by atoms with Crippen LogP contribution < -0.4 is 9.80 Å². The van der Waals surface area contributed by atoms with Gasteiger partial charge in [-0.05, 0) is 210 Å². The van der Waals surface area contributed by atoms with Crippen LogP contribution in [-0.4, -0.2) is 0 Å². The van der Waals surface area contributed by atoms with Gasteiger partial charge in [0, 0.05) is 34.1 Å². The monoisotopic (exact) mass is 939 g/mol. The van der Waals surface area contributed by atoms with Gasteiger partial charge in [0.15, 0.2) is 0 Å². The molecule has 72 heavy (non-hydrogen) atoms. The van der Waals surface area contributed by atoms with Crippen molar-refractivity contribution < 1.29 is 0 Å². The summed E-state index contributed by atoms with van der Waals surface area (Å²) in [5, 5.41) is 0. The van der Waals surface area contributed by atoms with Crippen molar-refractivity contribution in [2.45, 2.75) is 126 Å². The van der Waals surface area contributed by atoms with E-state index >= 15 is 0 Å². The molecular formula is C70H70N2. The highest BCUT2D eigenvalue weighted by Crippen LogP contribution is 2.45. The first kappa shape index (κ1) is 46.2. The number of rotatable bonds is 14. The van der Waals surface area contributed by atoms with Crippen molar-refractivity contribution in [1.29, 1.82) is 0 Å². The van der Waals surface area contributed by atoms with Crippen LogP contribution in [0.5, 0.6) is 0 Å². The summed E-state index contributed by atoms with van der Waals surface area (Å²) >= 11 is 0. The summed E-state index contributed by atoms with van der Waals surface area (Å²) in [6.07, 6.45) is 23.5. The molecule has 0 saturated heterocycles. The molecule has 2 heteroatoms. The topological polar surface area (TPSA) is 6.48 Å². The third-order valence-electron chi connectivity index (χ3n) is 17.0. The quantitative estimate of drug-likeness (QED) is 0.100. The highest BCUT2D eigenvalue weighted by molar-refractivity contribution is 5.92. The van der Waals surface area contributed by atoms with Gasteiger partial charge in [0.1, 0.15) is 0 Å². The second-order valence-corrected chi connectivity index (χ2v) is 21.6. The largest absolute Gasteiger partial charge is 0.310 e. The van der Waals surface area contributed by atoms with Gasteiger partial charge >= 0.3 is 0 Å². The second-order valence-electron chi connectivity index (χ2n) is 21.6. The summed E-state index contributed by atoms with van der Waals surface area (Å²) in [5.74, 6) is 2.66. The first-order valence-electron chi connectivity index (χ1n) is 27.7. The highest BCUT2D eigenvalue weighted by atomic mass is 15.1. The van der Waals surface area contributed by atoms with Gasteiger partial charge in [-0.25, -0.2) is 0 Å². The van der Waals surface area contributed by atoms with Crippen LogP contribution in [0.3, 0.4) is 0 Å². The van der Waals surface area contributed by atoms with Gasteiger partial charge in [-0.3, -0.25) is 0 Å². The maximum Gasteiger partial charge on any atom is 0.0464 e. The molecule has 0 aromatic heterocycles. The van der Waals surface area contributed by atoms with Crippen LogP contribution in [0.4, 0.5) is 34.1 Å². The van der Waals surface area contributed by atoms with Crippen molar-refractivity contribution >= 4 is 45.8 Å². The summed E-state index contributed by atoms with van der Waals surface area (Å²) < 4.78 is 0. The summed E-state index contributed by atoms with van der Waals surface area (Å²) in [4.78, 5) is 4.99. The van der Waals surface area contributed by atoms with Crippen LogP contribution in [0.25, 0.3) is 22.8 Å². The van der Waals surface area contributed by atoms with Gasteiger partial charge in [0.25, 0.3) is 0 Å². The lowest BCUT2D eigenvalue weighted by atomic mass is 9.93. The molecule has 0 radical (unpaired) electrons. The Morgan fingerprint density at radius 3 is 0.972 bits per heavy atom. The molecule has 0 heterocycles. The standard InChI is InChI=1S/C70H70N2/c1-2-24-58(25-3-1)70(46-51-34-42-64(43-35-51)71(66-30-12-26-60(47-66)52-16-4-5-17-52)67-31-13-27-61(48-67)53-18-6-7-19-53)59-38-36-56(37-39-59)57-40-44-65(45-41-57)72(68-32-14-28-62(49-68)54-20-8-9-21-54)69-33-15-29-63(50-69)55-22-10-11-23-55/h1-3,12-15,24-50,52-55H,4-11,16-23H2. The van der Waals surface area contributed by atoms with Crippen molar-refractivity contribution in [1.82, 2.24) is 0 Å². The van der Waals surface area contributed by atoms with Gasteiger partial charge in [0.2, 0.25) is 0 Å². The third-order valence-corrected chi connectivity index (χ3v) is 17.0. The fourth-order valence-electron chi connectivity index (χ4n) is 13.1. The van der Waals surface area contributed by atoms with E-state index in [1.54, 1.807) is 0 Å². The van der Waals surface area contributed by atoms with Crippen molar-refractivity contribution in [3.63, 3.8) is 0 Å². The normalized spacial score (nSPS) is 17.0. The Morgan fingerprint density at radius 2 is 0.611 bits per heavy atom. The summed E-state index contributed by atoms with van der Waals surface area (Å²) in [6.45, 7) is 0. The van der Waals surface area contributed by atoms with Gasteiger partial charge in [-0.2, -0.15) is 0 Å². The Morgan fingerprint density at radius 1 is 0.292 bits per heavy atom. The van der Waals surface area contributed by atoms with Crippen molar-refractivity contribution in [2.75, 3.05) is 9.80 Å². The fourth-order valence-corrected chi connectivity index (χ4v) is 13.1. The molecule has 8 aromatic rings. The molecule has 12 rings (SSSR count). The zero-order chi connectivity index (χ0) is 48.1. The van der Waals surface area contributed by atoms with Crippen LogP contribution in [0.1, 0.15) is 165 Å². The van der Waals surface area contributed by atoms with E-state index in [1.807, 2.05) is 0 Å². The SMILES string of the molecule is C(=C(c1ccccc1)c1ccc(-c2ccc(N(c3cccc(C4CCCC4)c3)c3cccc(C4CCCC4)c3)cc2)cc1)c1ccc(N(c2cccc(C3CCCC3)c2)c2cccc(C3CCCC3)c2)cc1. The molecule has 8 aromatic carbocycles. The van der Waals surface area contributed by atoms with Crippen molar-refractivity contribution in [3.05, 3.63) is 239 Å². The first-order valence-corrected chi connectivity index (χ1v) is 27.7. The van der Waals surface area contributed by atoms with E-state index in [-0.39, 0.29) is 0 Å². The van der Waals surface area contributed by atoms with Gasteiger partial charge in [0.05, 0.1) is 0 Å². The minimum atomic E-state index is 0.662. The summed E-state index contributed by atoms with van der Waals surface area (Å²) in [7, 11) is 0. The Bertz CT molecular complexity index is 2970. The molecule has 360 valence electrons. The average molecular weight is 939 g/mol. The molecule has 0 unspecified atom stereocenters. The van der Waals surface area contributed by atoms with E-state index < -0.39 is 0 Å². The number of anilines is 6.